The Kier molecular flexibility index (Phi) is 6.94. The molecule has 0 fully saturated rings. The number of benzene rings is 2. The predicted octanol–water partition coefficient (Wildman–Crippen LogP) is 2.87. The largest absolute Gasteiger partial charge is 0.489 e. The van der Waals surface area contributed by atoms with Crippen molar-refractivity contribution in [3.63, 3.8) is 0 Å². The van der Waals surface area contributed by atoms with Crippen LogP contribution in [0.4, 0.5) is 4.79 Å². The standard InChI is InChI=1S/C18H21NO4/c20-12-4-11-19-18(21)23-14-16-7-9-17(10-8-16)22-13-15-5-2-1-3-6-15/h1-3,5-10,20H,4,11-14H2,(H,19,21). The molecule has 0 aromatic heterocycles. The maximum atomic E-state index is 11.4. The van der Waals surface area contributed by atoms with Crippen molar-refractivity contribution in [3.8, 4) is 5.75 Å². The Bertz CT molecular complexity index is 584. The lowest BCUT2D eigenvalue weighted by Gasteiger charge is -2.08. The van der Waals surface area contributed by atoms with E-state index in [1.54, 1.807) is 0 Å². The lowest BCUT2D eigenvalue weighted by molar-refractivity contribution is 0.139. The molecule has 2 rings (SSSR count). The molecular formula is C18H21NO4. The Labute approximate surface area is 135 Å². The predicted molar refractivity (Wildman–Crippen MR) is 87.1 cm³/mol. The minimum Gasteiger partial charge on any atom is -0.489 e. The molecule has 0 radical (unpaired) electrons. The molecule has 2 aromatic rings. The summed E-state index contributed by atoms with van der Waals surface area (Å²) in [6.07, 6.45) is 0.0330. The summed E-state index contributed by atoms with van der Waals surface area (Å²) in [6.45, 7) is 1.17. The lowest BCUT2D eigenvalue weighted by Crippen LogP contribution is -2.25. The quantitative estimate of drug-likeness (QED) is 0.735. The third kappa shape index (κ3) is 6.40. The van der Waals surface area contributed by atoms with Crippen molar-refractivity contribution in [2.24, 2.45) is 0 Å². The van der Waals surface area contributed by atoms with Gasteiger partial charge in [-0.25, -0.2) is 4.79 Å². The van der Waals surface area contributed by atoms with Crippen LogP contribution in [0, 0.1) is 0 Å². The summed E-state index contributed by atoms with van der Waals surface area (Å²) < 4.78 is 10.8. The van der Waals surface area contributed by atoms with Crippen LogP contribution in [0.5, 0.6) is 5.75 Å². The van der Waals surface area contributed by atoms with Crippen LogP contribution >= 0.6 is 0 Å². The van der Waals surface area contributed by atoms with Crippen LogP contribution in [-0.4, -0.2) is 24.4 Å². The summed E-state index contributed by atoms with van der Waals surface area (Å²) in [5, 5.41) is 11.2. The fraction of sp³-hybridized carbons (Fsp3) is 0.278. The highest BCUT2D eigenvalue weighted by Gasteiger charge is 2.02. The van der Waals surface area contributed by atoms with E-state index in [1.165, 1.54) is 0 Å². The number of carbonyl (C=O) groups excluding carboxylic acids is 1. The van der Waals surface area contributed by atoms with Crippen molar-refractivity contribution in [2.45, 2.75) is 19.6 Å². The molecule has 0 heterocycles. The number of nitrogens with one attached hydrogen (secondary N) is 1. The molecule has 0 saturated heterocycles. The summed E-state index contributed by atoms with van der Waals surface area (Å²) in [4.78, 5) is 11.4. The zero-order chi connectivity index (χ0) is 16.3. The first-order chi connectivity index (χ1) is 11.3. The van der Waals surface area contributed by atoms with Crippen LogP contribution in [0.2, 0.25) is 0 Å². The molecule has 0 unspecified atom stereocenters. The summed E-state index contributed by atoms with van der Waals surface area (Å²) in [6, 6.07) is 17.4. The number of aliphatic hydroxyl groups excluding tert-OH is 1. The average Bonchev–Trinajstić information content (AvgIpc) is 2.60. The van der Waals surface area contributed by atoms with Crippen LogP contribution in [0.1, 0.15) is 17.5 Å². The molecule has 2 N–H and O–H groups in total. The molecule has 0 atom stereocenters. The van der Waals surface area contributed by atoms with Crippen molar-refractivity contribution in [1.29, 1.82) is 0 Å². The Morgan fingerprint density at radius 1 is 0.957 bits per heavy atom. The molecule has 0 saturated carbocycles. The van der Waals surface area contributed by atoms with Gasteiger partial charge in [-0.15, -0.1) is 0 Å². The van der Waals surface area contributed by atoms with Gasteiger partial charge in [0.05, 0.1) is 0 Å². The molecule has 0 spiro atoms. The van der Waals surface area contributed by atoms with E-state index in [9.17, 15) is 4.79 Å². The number of aliphatic hydroxyl groups is 1. The number of amides is 1. The highest BCUT2D eigenvalue weighted by molar-refractivity contribution is 5.67. The second kappa shape index (κ2) is 9.48. The van der Waals surface area contributed by atoms with Gasteiger partial charge >= 0.3 is 6.09 Å². The van der Waals surface area contributed by atoms with Crippen molar-refractivity contribution in [2.75, 3.05) is 13.2 Å². The zero-order valence-electron chi connectivity index (χ0n) is 12.9. The van der Waals surface area contributed by atoms with Gasteiger partial charge in [-0.2, -0.15) is 0 Å². The SMILES string of the molecule is O=C(NCCCO)OCc1ccc(OCc2ccccc2)cc1. The van der Waals surface area contributed by atoms with E-state index in [-0.39, 0.29) is 13.2 Å². The number of hydrogen-bond acceptors (Lipinski definition) is 4. The van der Waals surface area contributed by atoms with Gasteiger partial charge in [-0.3, -0.25) is 0 Å². The van der Waals surface area contributed by atoms with Crippen molar-refractivity contribution in [3.05, 3.63) is 65.7 Å². The summed E-state index contributed by atoms with van der Waals surface area (Å²) in [5.41, 5.74) is 1.99. The Morgan fingerprint density at radius 2 is 1.65 bits per heavy atom. The van der Waals surface area contributed by atoms with Crippen molar-refractivity contribution >= 4 is 6.09 Å². The maximum absolute atomic E-state index is 11.4. The highest BCUT2D eigenvalue weighted by Crippen LogP contribution is 2.14. The number of carbonyl (C=O) groups is 1. The summed E-state index contributed by atoms with van der Waals surface area (Å²) in [5.74, 6) is 0.769. The molecule has 0 aliphatic rings. The van der Waals surface area contributed by atoms with Crippen LogP contribution in [0.3, 0.4) is 0 Å². The minimum atomic E-state index is -0.483. The Hall–Kier alpha value is -2.53. The number of alkyl carbamates (subject to hydrolysis) is 1. The van der Waals surface area contributed by atoms with E-state index in [2.05, 4.69) is 5.32 Å². The van der Waals surface area contributed by atoms with Crippen LogP contribution in [0.25, 0.3) is 0 Å². The summed E-state index contributed by atoms with van der Waals surface area (Å²) >= 11 is 0. The molecule has 0 aliphatic carbocycles. The van der Waals surface area contributed by atoms with E-state index in [4.69, 9.17) is 14.6 Å². The Balaban J connectivity index is 1.72. The van der Waals surface area contributed by atoms with Gasteiger partial charge in [0.1, 0.15) is 19.0 Å². The molecule has 5 nitrogen and oxygen atoms in total. The van der Waals surface area contributed by atoms with Gasteiger partial charge in [-0.1, -0.05) is 42.5 Å². The van der Waals surface area contributed by atoms with E-state index in [0.29, 0.717) is 19.6 Å². The normalized spacial score (nSPS) is 10.1. The third-order valence-corrected chi connectivity index (χ3v) is 3.15. The van der Waals surface area contributed by atoms with Gasteiger partial charge in [-0.05, 0) is 29.7 Å². The zero-order valence-corrected chi connectivity index (χ0v) is 12.9. The smallest absolute Gasteiger partial charge is 0.407 e. The van der Waals surface area contributed by atoms with Gasteiger partial charge in [0, 0.05) is 13.2 Å². The lowest BCUT2D eigenvalue weighted by atomic mass is 10.2. The number of ether oxygens (including phenoxy) is 2. The first-order valence-corrected chi connectivity index (χ1v) is 7.55. The fourth-order valence-corrected chi connectivity index (χ4v) is 1.89. The van der Waals surface area contributed by atoms with E-state index >= 15 is 0 Å². The average molecular weight is 315 g/mol. The van der Waals surface area contributed by atoms with Crippen molar-refractivity contribution < 1.29 is 19.4 Å². The van der Waals surface area contributed by atoms with E-state index < -0.39 is 6.09 Å². The van der Waals surface area contributed by atoms with E-state index in [0.717, 1.165) is 16.9 Å². The van der Waals surface area contributed by atoms with Gasteiger partial charge < -0.3 is 19.9 Å². The first-order valence-electron chi connectivity index (χ1n) is 7.55. The van der Waals surface area contributed by atoms with E-state index in [1.807, 2.05) is 54.6 Å². The third-order valence-electron chi connectivity index (χ3n) is 3.15. The van der Waals surface area contributed by atoms with Gasteiger partial charge in [0.25, 0.3) is 0 Å². The Morgan fingerprint density at radius 3 is 2.35 bits per heavy atom. The fourth-order valence-electron chi connectivity index (χ4n) is 1.89. The minimum absolute atomic E-state index is 0.0464. The molecule has 0 bridgehead atoms. The molecule has 1 amide bonds. The number of rotatable bonds is 8. The highest BCUT2D eigenvalue weighted by atomic mass is 16.5. The van der Waals surface area contributed by atoms with Gasteiger partial charge in [0.2, 0.25) is 0 Å². The molecule has 2 aromatic carbocycles. The molecular weight excluding hydrogens is 294 g/mol. The van der Waals surface area contributed by atoms with Crippen LogP contribution < -0.4 is 10.1 Å². The second-order valence-electron chi connectivity index (χ2n) is 5.00. The topological polar surface area (TPSA) is 67.8 Å². The van der Waals surface area contributed by atoms with Crippen LogP contribution in [-0.2, 0) is 18.0 Å². The van der Waals surface area contributed by atoms with Crippen molar-refractivity contribution in [1.82, 2.24) is 5.32 Å². The number of hydrogen-bond donors (Lipinski definition) is 2. The molecule has 0 aliphatic heterocycles. The summed E-state index contributed by atoms with van der Waals surface area (Å²) in [7, 11) is 0. The molecule has 5 heteroatoms. The molecule has 122 valence electrons. The maximum Gasteiger partial charge on any atom is 0.407 e. The van der Waals surface area contributed by atoms with Gasteiger partial charge in [0.15, 0.2) is 0 Å². The monoisotopic (exact) mass is 315 g/mol. The van der Waals surface area contributed by atoms with Crippen LogP contribution in [0.15, 0.2) is 54.6 Å². The molecule has 23 heavy (non-hydrogen) atoms. The first kappa shape index (κ1) is 16.8. The second-order valence-corrected chi connectivity index (χ2v) is 5.00.